The molecule has 6 heteroatoms. The number of aliphatic hydroxyl groups excluding tert-OH is 2. The van der Waals surface area contributed by atoms with E-state index in [0.717, 1.165) is 0 Å². The summed E-state index contributed by atoms with van der Waals surface area (Å²) >= 11 is 0. The minimum atomic E-state index is -2.35. The third-order valence-corrected chi connectivity index (χ3v) is 1.78. The van der Waals surface area contributed by atoms with Gasteiger partial charge < -0.3 is 25.2 Å². The number of carbonyl (C=O) groups is 1. The van der Waals surface area contributed by atoms with Crippen molar-refractivity contribution in [2.24, 2.45) is 0 Å². The zero-order chi connectivity index (χ0) is 9.35. The highest BCUT2D eigenvalue weighted by Gasteiger charge is 2.50. The lowest BCUT2D eigenvalue weighted by Crippen LogP contribution is -2.38. The van der Waals surface area contributed by atoms with E-state index in [2.05, 4.69) is 4.74 Å². The molecule has 70 valence electrons. The average Bonchev–Trinajstić information content (AvgIpc) is 2.27. The van der Waals surface area contributed by atoms with Gasteiger partial charge >= 0.3 is 5.97 Å². The van der Waals surface area contributed by atoms with Gasteiger partial charge in [-0.3, -0.25) is 0 Å². The van der Waals surface area contributed by atoms with Crippen LogP contribution < -0.4 is 0 Å². The van der Waals surface area contributed by atoms with Gasteiger partial charge in [-0.1, -0.05) is 0 Å². The number of carboxylic acid groups (broad SMARTS) is 1. The molecule has 0 aromatic heterocycles. The Kier molecular flexibility index (Phi) is 2.34. The van der Waals surface area contributed by atoms with Crippen LogP contribution in [0.1, 0.15) is 6.42 Å². The standard InChI is InChI=1S/C6H10O6/c7-2-4-3(8)1-6(11,12-4)5(9)10/h3-4,7-8,11H,1-2H2,(H,9,10)/t3-,4+,6+/m0/s1. The molecule has 0 unspecified atom stereocenters. The lowest BCUT2D eigenvalue weighted by Gasteiger charge is -2.16. The molecule has 0 amide bonds. The van der Waals surface area contributed by atoms with Crippen LogP contribution in [-0.4, -0.2) is 51.0 Å². The number of rotatable bonds is 2. The molecule has 3 atom stereocenters. The molecule has 1 aliphatic rings. The third-order valence-electron chi connectivity index (χ3n) is 1.78. The quantitative estimate of drug-likeness (QED) is 0.386. The average molecular weight is 178 g/mol. The predicted molar refractivity (Wildman–Crippen MR) is 35.2 cm³/mol. The number of carboxylic acids is 1. The van der Waals surface area contributed by atoms with Gasteiger partial charge in [-0.15, -0.1) is 0 Å². The van der Waals surface area contributed by atoms with E-state index in [1.165, 1.54) is 0 Å². The van der Waals surface area contributed by atoms with Crippen LogP contribution in [0.5, 0.6) is 0 Å². The van der Waals surface area contributed by atoms with Gasteiger partial charge in [0.25, 0.3) is 5.79 Å². The van der Waals surface area contributed by atoms with E-state index in [1.54, 1.807) is 0 Å². The van der Waals surface area contributed by atoms with Crippen molar-refractivity contribution in [2.45, 2.75) is 24.4 Å². The van der Waals surface area contributed by atoms with Gasteiger partial charge in [0.2, 0.25) is 0 Å². The summed E-state index contributed by atoms with van der Waals surface area (Å²) in [6.07, 6.45) is -2.59. The molecule has 0 bridgehead atoms. The van der Waals surface area contributed by atoms with E-state index in [-0.39, 0.29) is 0 Å². The molecule has 1 aliphatic heterocycles. The first-order valence-corrected chi connectivity index (χ1v) is 3.42. The zero-order valence-electron chi connectivity index (χ0n) is 6.17. The molecule has 1 fully saturated rings. The smallest absolute Gasteiger partial charge is 0.364 e. The van der Waals surface area contributed by atoms with Crippen molar-refractivity contribution in [3.05, 3.63) is 0 Å². The summed E-state index contributed by atoms with van der Waals surface area (Å²) in [5.74, 6) is -3.91. The van der Waals surface area contributed by atoms with Crippen molar-refractivity contribution in [3.63, 3.8) is 0 Å². The highest BCUT2D eigenvalue weighted by molar-refractivity contribution is 5.75. The zero-order valence-corrected chi connectivity index (χ0v) is 6.17. The van der Waals surface area contributed by atoms with Gasteiger partial charge in [-0.25, -0.2) is 4.79 Å². The Hall–Kier alpha value is -0.690. The number of ether oxygens (including phenoxy) is 1. The van der Waals surface area contributed by atoms with E-state index >= 15 is 0 Å². The van der Waals surface area contributed by atoms with Crippen LogP contribution in [-0.2, 0) is 9.53 Å². The molecule has 1 saturated heterocycles. The maximum atomic E-state index is 10.4. The molecule has 12 heavy (non-hydrogen) atoms. The van der Waals surface area contributed by atoms with E-state index in [0.29, 0.717) is 0 Å². The molecule has 1 rings (SSSR count). The molecule has 6 nitrogen and oxygen atoms in total. The lowest BCUT2D eigenvalue weighted by molar-refractivity contribution is -0.219. The lowest BCUT2D eigenvalue weighted by atomic mass is 10.1. The molecule has 0 spiro atoms. The van der Waals surface area contributed by atoms with Crippen molar-refractivity contribution in [1.29, 1.82) is 0 Å². The molecule has 4 N–H and O–H groups in total. The van der Waals surface area contributed by atoms with Crippen molar-refractivity contribution >= 4 is 5.97 Å². The topological polar surface area (TPSA) is 107 Å². The Labute approximate surface area is 68.0 Å². The van der Waals surface area contributed by atoms with Crippen molar-refractivity contribution < 1.29 is 30.0 Å². The van der Waals surface area contributed by atoms with Crippen LogP contribution in [0.3, 0.4) is 0 Å². The molecule has 0 radical (unpaired) electrons. The van der Waals surface area contributed by atoms with Crippen molar-refractivity contribution in [2.75, 3.05) is 6.61 Å². The molecule has 0 aromatic rings. The third kappa shape index (κ3) is 1.42. The Morgan fingerprint density at radius 3 is 2.50 bits per heavy atom. The second-order valence-corrected chi connectivity index (χ2v) is 2.70. The Morgan fingerprint density at radius 2 is 2.25 bits per heavy atom. The second kappa shape index (κ2) is 2.98. The summed E-state index contributed by atoms with van der Waals surface area (Å²) in [6.45, 7) is -0.517. The van der Waals surface area contributed by atoms with Gasteiger partial charge in [0.1, 0.15) is 6.10 Å². The first kappa shape index (κ1) is 9.40. The summed E-state index contributed by atoms with van der Waals surface area (Å²) in [7, 11) is 0. The summed E-state index contributed by atoms with van der Waals surface area (Å²) in [4.78, 5) is 10.4. The van der Waals surface area contributed by atoms with Gasteiger partial charge in [0, 0.05) is 6.42 Å². The van der Waals surface area contributed by atoms with Crippen molar-refractivity contribution in [3.8, 4) is 0 Å². The monoisotopic (exact) mass is 178 g/mol. The number of hydrogen-bond donors (Lipinski definition) is 4. The van der Waals surface area contributed by atoms with Crippen LogP contribution in [0.25, 0.3) is 0 Å². The van der Waals surface area contributed by atoms with Gasteiger partial charge in [-0.2, -0.15) is 0 Å². The number of aliphatic hydroxyl groups is 3. The SMILES string of the molecule is O=C(O)[C@@]1(O)C[C@H](O)[C@@H](CO)O1. The van der Waals surface area contributed by atoms with Crippen LogP contribution in [0.2, 0.25) is 0 Å². The Balaban J connectivity index is 2.70. The first-order valence-electron chi connectivity index (χ1n) is 3.42. The maximum absolute atomic E-state index is 10.4. The van der Waals surface area contributed by atoms with E-state index in [4.69, 9.17) is 20.4 Å². The first-order chi connectivity index (χ1) is 5.49. The molecular weight excluding hydrogens is 168 g/mol. The fourth-order valence-corrected chi connectivity index (χ4v) is 1.09. The summed E-state index contributed by atoms with van der Waals surface area (Å²) in [6, 6.07) is 0. The summed E-state index contributed by atoms with van der Waals surface area (Å²) < 4.78 is 4.53. The highest BCUT2D eigenvalue weighted by Crippen LogP contribution is 2.28. The maximum Gasteiger partial charge on any atom is 0.364 e. The van der Waals surface area contributed by atoms with Crippen LogP contribution >= 0.6 is 0 Å². The summed E-state index contributed by atoms with van der Waals surface area (Å²) in [5, 5.41) is 35.2. The molecule has 1 heterocycles. The van der Waals surface area contributed by atoms with Gasteiger partial charge in [0.15, 0.2) is 0 Å². The molecule has 0 aromatic carbocycles. The molecule has 0 saturated carbocycles. The van der Waals surface area contributed by atoms with E-state index < -0.39 is 37.0 Å². The van der Waals surface area contributed by atoms with Crippen LogP contribution in [0, 0.1) is 0 Å². The normalized spacial score (nSPS) is 41.6. The minimum Gasteiger partial charge on any atom is -0.477 e. The van der Waals surface area contributed by atoms with Crippen LogP contribution in [0.4, 0.5) is 0 Å². The highest BCUT2D eigenvalue weighted by atomic mass is 16.7. The minimum absolute atomic E-state index is 0.423. The number of aliphatic carboxylic acids is 1. The van der Waals surface area contributed by atoms with Gasteiger partial charge in [-0.05, 0) is 0 Å². The number of hydrogen-bond acceptors (Lipinski definition) is 5. The Bertz CT molecular complexity index is 192. The largest absolute Gasteiger partial charge is 0.477 e. The fourth-order valence-electron chi connectivity index (χ4n) is 1.09. The fraction of sp³-hybridized carbons (Fsp3) is 0.833. The van der Waals surface area contributed by atoms with E-state index in [1.807, 2.05) is 0 Å². The van der Waals surface area contributed by atoms with E-state index in [9.17, 15) is 4.79 Å². The van der Waals surface area contributed by atoms with Crippen LogP contribution in [0.15, 0.2) is 0 Å². The second-order valence-electron chi connectivity index (χ2n) is 2.70. The van der Waals surface area contributed by atoms with Crippen molar-refractivity contribution in [1.82, 2.24) is 0 Å². The molecule has 0 aliphatic carbocycles. The molecular formula is C6H10O6. The van der Waals surface area contributed by atoms with Gasteiger partial charge in [0.05, 0.1) is 12.7 Å². The predicted octanol–water partition coefficient (Wildman–Crippen LogP) is -2.10. The Morgan fingerprint density at radius 1 is 1.67 bits per heavy atom. The summed E-state index contributed by atoms with van der Waals surface area (Å²) in [5.41, 5.74) is 0.